The van der Waals surface area contributed by atoms with Crippen LogP contribution in [0.15, 0.2) is 43.0 Å². The molecule has 0 radical (unpaired) electrons. The van der Waals surface area contributed by atoms with Gasteiger partial charge in [-0.2, -0.15) is 0 Å². The molecule has 7 heteroatoms. The fraction of sp³-hybridized carbons (Fsp3) is 0.333. The summed E-state index contributed by atoms with van der Waals surface area (Å²) in [5.41, 5.74) is 1.21. The van der Waals surface area contributed by atoms with Gasteiger partial charge < -0.3 is 14.4 Å². The van der Waals surface area contributed by atoms with Crippen LogP contribution in [0.1, 0.15) is 35.3 Å². The molecule has 2 heterocycles. The van der Waals surface area contributed by atoms with E-state index < -0.39 is 12.1 Å². The predicted molar refractivity (Wildman–Crippen MR) is 89.0 cm³/mol. The number of likely N-dealkylation sites (tertiary alicyclic amines) is 1. The summed E-state index contributed by atoms with van der Waals surface area (Å²) in [7, 11) is 1.61. The van der Waals surface area contributed by atoms with E-state index in [1.165, 1.54) is 18.7 Å². The lowest BCUT2D eigenvalue weighted by molar-refractivity contribution is -0.135. The van der Waals surface area contributed by atoms with E-state index in [-0.39, 0.29) is 17.5 Å². The molecule has 1 amide bonds. The molecular weight excluding hydrogens is 322 g/mol. The number of carbonyl (C=O) groups is 2. The first-order chi connectivity index (χ1) is 12.1. The van der Waals surface area contributed by atoms with Crippen molar-refractivity contribution in [1.82, 2.24) is 14.9 Å². The van der Waals surface area contributed by atoms with Crippen LogP contribution in [0.5, 0.6) is 5.75 Å². The lowest BCUT2D eigenvalue weighted by atomic mass is 10.0. The average molecular weight is 341 g/mol. The van der Waals surface area contributed by atoms with Gasteiger partial charge in [0.25, 0.3) is 5.91 Å². The van der Waals surface area contributed by atoms with E-state index >= 15 is 0 Å². The van der Waals surface area contributed by atoms with Gasteiger partial charge in [-0.25, -0.2) is 14.8 Å². The minimum atomic E-state index is -0.806. The highest BCUT2D eigenvalue weighted by atomic mass is 16.5. The van der Waals surface area contributed by atoms with E-state index in [9.17, 15) is 9.59 Å². The number of aromatic nitrogens is 2. The first-order valence-corrected chi connectivity index (χ1v) is 8.04. The van der Waals surface area contributed by atoms with Gasteiger partial charge in [0.2, 0.25) is 0 Å². The molecule has 1 aliphatic rings. The molecule has 2 atom stereocenters. The number of methoxy groups -OCH3 is 1. The van der Waals surface area contributed by atoms with Crippen LogP contribution >= 0.6 is 0 Å². The monoisotopic (exact) mass is 341 g/mol. The van der Waals surface area contributed by atoms with Crippen molar-refractivity contribution in [2.75, 3.05) is 13.7 Å². The van der Waals surface area contributed by atoms with Crippen molar-refractivity contribution in [3.05, 3.63) is 54.1 Å². The molecule has 0 N–H and O–H groups in total. The summed E-state index contributed by atoms with van der Waals surface area (Å²) < 4.78 is 10.6. The Morgan fingerprint density at radius 2 is 1.92 bits per heavy atom. The van der Waals surface area contributed by atoms with E-state index in [2.05, 4.69) is 9.97 Å². The van der Waals surface area contributed by atoms with Crippen molar-refractivity contribution < 1.29 is 19.1 Å². The van der Waals surface area contributed by atoms with Crippen LogP contribution in [0.2, 0.25) is 0 Å². The van der Waals surface area contributed by atoms with E-state index in [0.29, 0.717) is 13.0 Å². The molecule has 25 heavy (non-hydrogen) atoms. The van der Waals surface area contributed by atoms with Crippen LogP contribution < -0.4 is 4.74 Å². The minimum Gasteiger partial charge on any atom is -0.497 e. The molecule has 0 aliphatic carbocycles. The number of carbonyl (C=O) groups excluding carboxylic acids is 2. The van der Waals surface area contributed by atoms with Gasteiger partial charge in [-0.1, -0.05) is 12.1 Å². The van der Waals surface area contributed by atoms with Crippen molar-refractivity contribution in [2.45, 2.75) is 25.5 Å². The Labute approximate surface area is 145 Å². The molecule has 0 spiro atoms. The van der Waals surface area contributed by atoms with Gasteiger partial charge in [-0.05, 0) is 24.6 Å². The number of hydrogen-bond donors (Lipinski definition) is 0. The fourth-order valence-corrected chi connectivity index (χ4v) is 2.99. The highest BCUT2D eigenvalue weighted by Gasteiger charge is 2.41. The molecule has 1 aromatic heterocycles. The second kappa shape index (κ2) is 7.29. The molecule has 3 rings (SSSR count). The van der Waals surface area contributed by atoms with Crippen molar-refractivity contribution >= 4 is 11.9 Å². The number of rotatable bonds is 5. The van der Waals surface area contributed by atoms with E-state index in [0.717, 1.165) is 11.3 Å². The van der Waals surface area contributed by atoms with Crippen molar-refractivity contribution in [3.63, 3.8) is 0 Å². The van der Waals surface area contributed by atoms with Gasteiger partial charge in [-0.3, -0.25) is 4.79 Å². The molecule has 1 aliphatic heterocycles. The number of ether oxygens (including phenoxy) is 2. The minimum absolute atomic E-state index is 0.131. The third kappa shape index (κ3) is 3.45. The van der Waals surface area contributed by atoms with Crippen molar-refractivity contribution in [2.24, 2.45) is 0 Å². The predicted octanol–water partition coefficient (Wildman–Crippen LogP) is 2.00. The van der Waals surface area contributed by atoms with E-state index in [4.69, 9.17) is 9.47 Å². The number of likely N-dealkylation sites (N-methyl/N-ethyl adjacent to an activating group) is 1. The zero-order valence-corrected chi connectivity index (χ0v) is 14.1. The SMILES string of the molecule is CCN1C(=O)C(OC(=O)c2cncnc2)CC1c1ccc(OC)cc1. The lowest BCUT2D eigenvalue weighted by Gasteiger charge is -2.23. The second-order valence-electron chi connectivity index (χ2n) is 5.67. The Bertz CT molecular complexity index is 749. The fourth-order valence-electron chi connectivity index (χ4n) is 2.99. The average Bonchev–Trinajstić information content (AvgIpc) is 2.98. The maximum absolute atomic E-state index is 12.6. The van der Waals surface area contributed by atoms with Gasteiger partial charge >= 0.3 is 5.97 Å². The van der Waals surface area contributed by atoms with E-state index in [1.54, 1.807) is 12.0 Å². The molecule has 2 aromatic rings. The topological polar surface area (TPSA) is 81.6 Å². The maximum atomic E-state index is 12.6. The highest BCUT2D eigenvalue weighted by molar-refractivity contribution is 5.92. The summed E-state index contributed by atoms with van der Waals surface area (Å²) in [5.74, 6) is -0.0259. The smallest absolute Gasteiger partial charge is 0.342 e. The zero-order chi connectivity index (χ0) is 17.8. The van der Waals surface area contributed by atoms with Crippen LogP contribution in [-0.4, -0.2) is 46.5 Å². The first kappa shape index (κ1) is 16.9. The van der Waals surface area contributed by atoms with Crippen LogP contribution in [0, 0.1) is 0 Å². The van der Waals surface area contributed by atoms with Crippen molar-refractivity contribution in [1.29, 1.82) is 0 Å². The largest absolute Gasteiger partial charge is 0.497 e. The van der Waals surface area contributed by atoms with Crippen molar-refractivity contribution in [3.8, 4) is 5.75 Å². The Morgan fingerprint density at radius 3 is 2.52 bits per heavy atom. The molecule has 7 nitrogen and oxygen atoms in total. The van der Waals surface area contributed by atoms with Gasteiger partial charge in [0, 0.05) is 25.4 Å². The van der Waals surface area contributed by atoms with Gasteiger partial charge in [-0.15, -0.1) is 0 Å². The van der Waals surface area contributed by atoms with Crippen LogP contribution in [0.3, 0.4) is 0 Å². The molecule has 130 valence electrons. The number of nitrogens with zero attached hydrogens (tertiary/aromatic N) is 3. The zero-order valence-electron chi connectivity index (χ0n) is 14.1. The highest BCUT2D eigenvalue weighted by Crippen LogP contribution is 2.35. The lowest BCUT2D eigenvalue weighted by Crippen LogP contribution is -2.32. The summed E-state index contributed by atoms with van der Waals surface area (Å²) in [6, 6.07) is 7.43. The molecule has 1 fully saturated rings. The molecule has 0 bridgehead atoms. The Morgan fingerprint density at radius 1 is 1.24 bits per heavy atom. The number of benzene rings is 1. The van der Waals surface area contributed by atoms with Crippen LogP contribution in [0.25, 0.3) is 0 Å². The Kier molecular flexibility index (Phi) is 4.92. The third-order valence-electron chi connectivity index (χ3n) is 4.26. The maximum Gasteiger partial charge on any atom is 0.342 e. The summed E-state index contributed by atoms with van der Waals surface area (Å²) >= 11 is 0. The first-order valence-electron chi connectivity index (χ1n) is 8.04. The Hall–Kier alpha value is -2.96. The van der Waals surface area contributed by atoms with Gasteiger partial charge in [0.1, 0.15) is 12.1 Å². The molecular formula is C18H19N3O4. The number of esters is 1. The van der Waals surface area contributed by atoms with Gasteiger partial charge in [0.15, 0.2) is 6.10 Å². The van der Waals surface area contributed by atoms with Crippen LogP contribution in [0.4, 0.5) is 0 Å². The van der Waals surface area contributed by atoms with Gasteiger partial charge in [0.05, 0.1) is 18.7 Å². The number of hydrogen-bond acceptors (Lipinski definition) is 6. The molecule has 2 unspecified atom stereocenters. The Balaban J connectivity index is 1.76. The van der Waals surface area contributed by atoms with Crippen LogP contribution in [-0.2, 0) is 9.53 Å². The summed E-state index contributed by atoms with van der Waals surface area (Å²) in [4.78, 5) is 34.1. The quantitative estimate of drug-likeness (QED) is 0.774. The molecule has 1 aromatic carbocycles. The summed E-state index contributed by atoms with van der Waals surface area (Å²) in [6.07, 6.45) is 3.68. The third-order valence-corrected chi connectivity index (χ3v) is 4.26. The van der Waals surface area contributed by atoms with E-state index in [1.807, 2.05) is 31.2 Å². The number of amides is 1. The summed E-state index contributed by atoms with van der Waals surface area (Å²) in [5, 5.41) is 0. The molecule has 1 saturated heterocycles. The standard InChI is InChI=1S/C18H19N3O4/c1-3-21-15(12-4-6-14(24-2)7-5-12)8-16(17(21)22)25-18(23)13-9-19-11-20-10-13/h4-7,9-11,15-16H,3,8H2,1-2H3. The molecule has 0 saturated carbocycles. The summed E-state index contributed by atoms with van der Waals surface area (Å²) in [6.45, 7) is 2.45. The second-order valence-corrected chi connectivity index (χ2v) is 5.67. The normalized spacial score (nSPS) is 19.8.